The van der Waals surface area contributed by atoms with Crippen LogP contribution >= 0.6 is 0 Å². The third kappa shape index (κ3) is 3.62. The molecule has 2 amide bonds. The smallest absolute Gasteiger partial charge is 0.317 e. The molecule has 2 aliphatic rings. The molecule has 0 aromatic carbocycles. The van der Waals surface area contributed by atoms with Gasteiger partial charge in [0.25, 0.3) is 0 Å². The zero-order chi connectivity index (χ0) is 12.3. The second kappa shape index (κ2) is 5.74. The first-order valence-corrected chi connectivity index (χ1v) is 7.20. The average Bonchev–Trinajstić information content (AvgIpc) is 2.29. The van der Waals surface area contributed by atoms with Crippen LogP contribution in [0, 0.1) is 11.8 Å². The van der Waals surface area contributed by atoms with Gasteiger partial charge in [-0.05, 0) is 31.1 Å². The average molecular weight is 238 g/mol. The molecule has 1 aliphatic carbocycles. The Kier molecular flexibility index (Phi) is 4.30. The Morgan fingerprint density at radius 1 is 1.06 bits per heavy atom. The molecule has 98 valence electrons. The van der Waals surface area contributed by atoms with E-state index in [9.17, 15) is 4.79 Å². The lowest BCUT2D eigenvalue weighted by Gasteiger charge is -2.36. The minimum atomic E-state index is 0.176. The number of hydrogen-bond acceptors (Lipinski definition) is 1. The summed E-state index contributed by atoms with van der Waals surface area (Å²) in [5, 5.41) is 3.22. The molecule has 0 radical (unpaired) electrons. The number of amides is 2. The van der Waals surface area contributed by atoms with E-state index in [2.05, 4.69) is 19.2 Å². The molecule has 0 aromatic rings. The maximum Gasteiger partial charge on any atom is 0.317 e. The lowest BCUT2D eigenvalue weighted by molar-refractivity contribution is 0.141. The monoisotopic (exact) mass is 238 g/mol. The number of hydrogen-bond donors (Lipinski definition) is 1. The Bertz CT molecular complexity index is 251. The summed E-state index contributed by atoms with van der Waals surface area (Å²) in [6, 6.07) is 0.610. The molecule has 0 unspecified atom stereocenters. The van der Waals surface area contributed by atoms with Crippen molar-refractivity contribution in [1.82, 2.24) is 10.2 Å². The van der Waals surface area contributed by atoms with Gasteiger partial charge >= 0.3 is 6.03 Å². The molecule has 2 atom stereocenters. The van der Waals surface area contributed by atoms with Gasteiger partial charge in [-0.25, -0.2) is 4.79 Å². The highest BCUT2D eigenvalue weighted by molar-refractivity contribution is 5.74. The maximum absolute atomic E-state index is 12.2. The highest BCUT2D eigenvalue weighted by Crippen LogP contribution is 2.22. The Morgan fingerprint density at radius 2 is 1.65 bits per heavy atom. The van der Waals surface area contributed by atoms with Crippen LogP contribution in [-0.4, -0.2) is 30.1 Å². The third-order valence-corrected chi connectivity index (χ3v) is 4.09. The van der Waals surface area contributed by atoms with Crippen molar-refractivity contribution in [3.63, 3.8) is 0 Å². The molecule has 1 saturated carbocycles. The van der Waals surface area contributed by atoms with Gasteiger partial charge in [0.2, 0.25) is 0 Å². The Morgan fingerprint density at radius 3 is 2.24 bits per heavy atom. The number of likely N-dealkylation sites (tertiary alicyclic amines) is 1. The van der Waals surface area contributed by atoms with Crippen molar-refractivity contribution in [2.75, 3.05) is 13.1 Å². The number of piperidine rings is 1. The van der Waals surface area contributed by atoms with Crippen molar-refractivity contribution >= 4 is 6.03 Å². The van der Waals surface area contributed by atoms with E-state index in [1.807, 2.05) is 4.90 Å². The second-order valence-electron chi connectivity index (χ2n) is 6.14. The first kappa shape index (κ1) is 12.7. The summed E-state index contributed by atoms with van der Waals surface area (Å²) < 4.78 is 0. The summed E-state index contributed by atoms with van der Waals surface area (Å²) in [6.45, 7) is 6.36. The van der Waals surface area contributed by atoms with Gasteiger partial charge in [-0.3, -0.25) is 0 Å². The molecule has 2 rings (SSSR count). The summed E-state index contributed by atoms with van der Waals surface area (Å²) in [5.41, 5.74) is 0. The third-order valence-electron chi connectivity index (χ3n) is 4.09. The largest absolute Gasteiger partial charge is 0.335 e. The summed E-state index contributed by atoms with van der Waals surface area (Å²) >= 11 is 0. The minimum absolute atomic E-state index is 0.176. The summed E-state index contributed by atoms with van der Waals surface area (Å²) in [7, 11) is 0. The molecule has 3 nitrogen and oxygen atoms in total. The standard InChI is InChI=1S/C14H26N2O/c1-11-8-12(2)10-16(9-11)14(17)15-13-6-4-3-5-7-13/h11-13H,3-10H2,1-2H3,(H,15,17)/t11-,12-/m1/s1. The number of urea groups is 1. The lowest BCUT2D eigenvalue weighted by atomic mass is 9.92. The SMILES string of the molecule is C[C@@H]1C[C@@H](C)CN(C(=O)NC2CCCCC2)C1. The highest BCUT2D eigenvalue weighted by atomic mass is 16.2. The van der Waals surface area contributed by atoms with Crippen molar-refractivity contribution in [3.8, 4) is 0 Å². The van der Waals surface area contributed by atoms with E-state index >= 15 is 0 Å². The van der Waals surface area contributed by atoms with E-state index in [0.29, 0.717) is 17.9 Å². The van der Waals surface area contributed by atoms with E-state index < -0.39 is 0 Å². The summed E-state index contributed by atoms with van der Waals surface area (Å²) in [5.74, 6) is 1.30. The van der Waals surface area contributed by atoms with Gasteiger partial charge in [0, 0.05) is 19.1 Å². The Balaban J connectivity index is 1.81. The second-order valence-corrected chi connectivity index (χ2v) is 6.14. The molecule has 0 bridgehead atoms. The number of rotatable bonds is 1. The van der Waals surface area contributed by atoms with Crippen LogP contribution in [0.3, 0.4) is 0 Å². The fourth-order valence-corrected chi connectivity index (χ4v) is 3.34. The fourth-order valence-electron chi connectivity index (χ4n) is 3.34. The zero-order valence-corrected chi connectivity index (χ0v) is 11.2. The van der Waals surface area contributed by atoms with Crippen LogP contribution < -0.4 is 5.32 Å². The molecule has 0 spiro atoms. The van der Waals surface area contributed by atoms with Gasteiger partial charge < -0.3 is 10.2 Å². The summed E-state index contributed by atoms with van der Waals surface area (Å²) in [6.07, 6.45) is 7.49. The van der Waals surface area contributed by atoms with Crippen LogP contribution in [0.2, 0.25) is 0 Å². The van der Waals surface area contributed by atoms with Crippen molar-refractivity contribution in [3.05, 3.63) is 0 Å². The maximum atomic E-state index is 12.2. The van der Waals surface area contributed by atoms with Gasteiger partial charge in [0.05, 0.1) is 0 Å². The van der Waals surface area contributed by atoms with E-state index in [1.54, 1.807) is 0 Å². The number of carbonyl (C=O) groups excluding carboxylic acids is 1. The Hall–Kier alpha value is -0.730. The van der Waals surface area contributed by atoms with Crippen molar-refractivity contribution in [2.45, 2.75) is 58.4 Å². The molecule has 1 heterocycles. The van der Waals surface area contributed by atoms with Gasteiger partial charge in [-0.1, -0.05) is 33.1 Å². The van der Waals surface area contributed by atoms with Crippen LogP contribution in [0.4, 0.5) is 4.79 Å². The van der Waals surface area contributed by atoms with Gasteiger partial charge in [-0.2, -0.15) is 0 Å². The normalized spacial score (nSPS) is 31.3. The van der Waals surface area contributed by atoms with Crippen molar-refractivity contribution in [1.29, 1.82) is 0 Å². The molecule has 1 saturated heterocycles. The van der Waals surface area contributed by atoms with E-state index in [-0.39, 0.29) is 6.03 Å². The minimum Gasteiger partial charge on any atom is -0.335 e. The molecule has 1 N–H and O–H groups in total. The van der Waals surface area contributed by atoms with Gasteiger partial charge in [0.1, 0.15) is 0 Å². The van der Waals surface area contributed by atoms with Crippen LogP contribution in [0.1, 0.15) is 52.4 Å². The van der Waals surface area contributed by atoms with Gasteiger partial charge in [0.15, 0.2) is 0 Å². The number of nitrogens with one attached hydrogen (secondary N) is 1. The van der Waals surface area contributed by atoms with E-state index in [1.165, 1.54) is 38.5 Å². The number of carbonyl (C=O) groups is 1. The predicted octanol–water partition coefficient (Wildman–Crippen LogP) is 3.01. The molecule has 2 fully saturated rings. The number of nitrogens with zero attached hydrogens (tertiary/aromatic N) is 1. The first-order chi connectivity index (χ1) is 8.15. The predicted molar refractivity (Wildman–Crippen MR) is 69.9 cm³/mol. The molecule has 1 aliphatic heterocycles. The van der Waals surface area contributed by atoms with E-state index in [4.69, 9.17) is 0 Å². The van der Waals surface area contributed by atoms with E-state index in [0.717, 1.165) is 13.1 Å². The molecule has 3 heteroatoms. The molecule has 0 aromatic heterocycles. The fraction of sp³-hybridized carbons (Fsp3) is 0.929. The summed E-state index contributed by atoms with van der Waals surface area (Å²) in [4.78, 5) is 14.2. The molecule has 17 heavy (non-hydrogen) atoms. The molecular weight excluding hydrogens is 212 g/mol. The topological polar surface area (TPSA) is 32.3 Å². The zero-order valence-electron chi connectivity index (χ0n) is 11.2. The highest BCUT2D eigenvalue weighted by Gasteiger charge is 2.26. The van der Waals surface area contributed by atoms with Crippen molar-refractivity contribution < 1.29 is 4.79 Å². The van der Waals surface area contributed by atoms with Gasteiger partial charge in [-0.15, -0.1) is 0 Å². The quantitative estimate of drug-likeness (QED) is 0.748. The Labute approximate surface area is 105 Å². The lowest BCUT2D eigenvalue weighted by Crippen LogP contribution is -2.50. The van der Waals surface area contributed by atoms with Crippen LogP contribution in [-0.2, 0) is 0 Å². The first-order valence-electron chi connectivity index (χ1n) is 7.20. The van der Waals surface area contributed by atoms with Crippen LogP contribution in [0.5, 0.6) is 0 Å². The molecular formula is C14H26N2O. The van der Waals surface area contributed by atoms with Crippen molar-refractivity contribution in [2.24, 2.45) is 11.8 Å². The van der Waals surface area contributed by atoms with Crippen LogP contribution in [0.15, 0.2) is 0 Å². The van der Waals surface area contributed by atoms with Crippen LogP contribution in [0.25, 0.3) is 0 Å².